The Morgan fingerprint density at radius 2 is 0.523 bits per heavy atom. The molecule has 0 N–H and O–H groups in total. The van der Waals surface area contributed by atoms with Crippen LogP contribution in [0.25, 0.3) is 0 Å². The number of unbranched alkanes of at least 4 members (excludes halogenated alkanes) is 28. The van der Waals surface area contributed by atoms with E-state index in [9.17, 15) is 0 Å². The van der Waals surface area contributed by atoms with Crippen molar-refractivity contribution in [2.24, 2.45) is 0 Å². The van der Waals surface area contributed by atoms with Crippen LogP contribution in [-0.4, -0.2) is 64.8 Å². The third-order valence-corrected chi connectivity index (χ3v) is 12.2. The summed E-state index contributed by atoms with van der Waals surface area (Å²) in [5.41, 5.74) is 0. The molecular weight excluding hydrogens is 809 g/mol. The summed E-state index contributed by atoms with van der Waals surface area (Å²) in [6, 6.07) is 0. The first-order chi connectivity index (χ1) is 32.1. The molecule has 65 heavy (non-hydrogen) atoms. The molecule has 0 saturated carbocycles. The summed E-state index contributed by atoms with van der Waals surface area (Å²) in [7, 11) is 0. The first kappa shape index (κ1) is 64.2. The van der Waals surface area contributed by atoms with Crippen molar-refractivity contribution in [3.05, 3.63) is 24.3 Å². The lowest BCUT2D eigenvalue weighted by atomic mass is 10.1. The van der Waals surface area contributed by atoms with Crippen LogP contribution in [0.1, 0.15) is 286 Å². The van der Waals surface area contributed by atoms with Crippen LogP contribution in [0.15, 0.2) is 24.3 Å². The third kappa shape index (κ3) is 49.4. The molecule has 0 fully saturated rings. The van der Waals surface area contributed by atoms with Crippen molar-refractivity contribution in [3.8, 4) is 0 Å². The molecule has 7 nitrogen and oxygen atoms in total. The second-order valence-electron chi connectivity index (χ2n) is 18.9. The molecule has 0 saturated heterocycles. The van der Waals surface area contributed by atoms with E-state index in [0.29, 0.717) is 0 Å². The van der Waals surface area contributed by atoms with Crippen molar-refractivity contribution in [2.45, 2.75) is 311 Å². The van der Waals surface area contributed by atoms with Crippen LogP contribution in [-0.2, 0) is 33.2 Å². The van der Waals surface area contributed by atoms with E-state index < -0.39 is 0 Å². The fraction of sp³-hybridized carbons (Fsp3) is 0.931. The van der Waals surface area contributed by atoms with Crippen molar-refractivity contribution in [1.82, 2.24) is 0 Å². The van der Waals surface area contributed by atoms with Crippen LogP contribution in [0.5, 0.6) is 0 Å². The van der Waals surface area contributed by atoms with Crippen molar-refractivity contribution in [3.63, 3.8) is 0 Å². The minimum absolute atomic E-state index is 0.00327. The predicted molar refractivity (Wildman–Crippen MR) is 280 cm³/mol. The number of allylic oxidation sites excluding steroid dienone is 2. The minimum atomic E-state index is -0.373. The summed E-state index contributed by atoms with van der Waals surface area (Å²) in [4.78, 5) is 0. The fourth-order valence-corrected chi connectivity index (χ4v) is 7.77. The van der Waals surface area contributed by atoms with E-state index in [1.807, 2.05) is 0 Å². The Hall–Kier alpha value is -0.800. The lowest BCUT2D eigenvalue weighted by Gasteiger charge is -2.22. The molecule has 0 amide bonds. The minimum Gasteiger partial charge on any atom is -0.353 e. The van der Waals surface area contributed by atoms with E-state index in [0.717, 1.165) is 104 Å². The number of hydrogen-bond donors (Lipinski definition) is 0. The maximum absolute atomic E-state index is 6.53. The molecule has 0 heterocycles. The molecule has 0 aromatic rings. The van der Waals surface area contributed by atoms with Crippen LogP contribution >= 0.6 is 0 Å². The standard InChI is InChI=1S/C58H114O7/c1-7-13-19-43-53-63-57(47-41-37-33-29-25-21-23-27-31-35-39-45-55(59-49-15-9-3)60-50-16-10-4)65-58(64-54-44-20-14-8-2)48-42-38-34-30-26-22-24-28-32-36-40-46-56(61-51-17-11-5)62-52-18-12-6/h41-42,47-48,55-58H,7-40,43-46,49-54H2,1-6H3. The Kier molecular flexibility index (Phi) is 55.1. The van der Waals surface area contributed by atoms with Gasteiger partial charge in [-0.2, -0.15) is 0 Å². The largest absolute Gasteiger partial charge is 0.353 e. The highest BCUT2D eigenvalue weighted by Crippen LogP contribution is 2.18. The van der Waals surface area contributed by atoms with Crippen LogP contribution in [0.3, 0.4) is 0 Å². The van der Waals surface area contributed by atoms with Gasteiger partial charge in [-0.15, -0.1) is 0 Å². The highest BCUT2D eigenvalue weighted by Gasteiger charge is 2.14. The average Bonchev–Trinajstić information content (AvgIpc) is 3.31. The van der Waals surface area contributed by atoms with Gasteiger partial charge in [0.15, 0.2) is 25.2 Å². The molecule has 2 unspecified atom stereocenters. The molecule has 2 atom stereocenters. The van der Waals surface area contributed by atoms with Gasteiger partial charge in [-0.05, 0) is 102 Å². The first-order valence-corrected chi connectivity index (χ1v) is 28.8. The predicted octanol–water partition coefficient (Wildman–Crippen LogP) is 18.5. The Morgan fingerprint density at radius 1 is 0.262 bits per heavy atom. The van der Waals surface area contributed by atoms with Gasteiger partial charge in [-0.3, -0.25) is 0 Å². The van der Waals surface area contributed by atoms with Crippen LogP contribution in [0.2, 0.25) is 0 Å². The molecule has 0 rings (SSSR count). The van der Waals surface area contributed by atoms with Gasteiger partial charge in [-0.1, -0.05) is 208 Å². The highest BCUT2D eigenvalue weighted by atomic mass is 16.8. The van der Waals surface area contributed by atoms with Crippen molar-refractivity contribution in [2.75, 3.05) is 39.6 Å². The van der Waals surface area contributed by atoms with Gasteiger partial charge in [0.2, 0.25) is 0 Å². The van der Waals surface area contributed by atoms with Gasteiger partial charge in [0.25, 0.3) is 0 Å². The molecule has 7 heteroatoms. The summed E-state index contributed by atoms with van der Waals surface area (Å²) in [6.45, 7) is 18.1. The number of rotatable bonds is 56. The van der Waals surface area contributed by atoms with Gasteiger partial charge in [0.05, 0.1) is 13.2 Å². The van der Waals surface area contributed by atoms with Gasteiger partial charge in [-0.25, -0.2) is 0 Å². The normalized spacial score (nSPS) is 13.2. The molecule has 0 aromatic carbocycles. The van der Waals surface area contributed by atoms with Gasteiger partial charge >= 0.3 is 0 Å². The lowest BCUT2D eigenvalue weighted by molar-refractivity contribution is -0.208. The highest BCUT2D eigenvalue weighted by molar-refractivity contribution is 4.90. The zero-order valence-electron chi connectivity index (χ0n) is 44.6. The monoisotopic (exact) mass is 923 g/mol. The topological polar surface area (TPSA) is 64.6 Å². The van der Waals surface area contributed by atoms with E-state index in [2.05, 4.69) is 65.8 Å². The van der Waals surface area contributed by atoms with Crippen LogP contribution in [0, 0.1) is 0 Å². The Bertz CT molecular complexity index is 836. The second kappa shape index (κ2) is 55.8. The average molecular weight is 924 g/mol. The number of hydrogen-bond acceptors (Lipinski definition) is 7. The molecule has 0 aliphatic carbocycles. The molecule has 0 aliphatic rings. The van der Waals surface area contributed by atoms with Crippen molar-refractivity contribution in [1.29, 1.82) is 0 Å². The second-order valence-corrected chi connectivity index (χ2v) is 18.9. The lowest BCUT2D eigenvalue weighted by Crippen LogP contribution is -2.25. The van der Waals surface area contributed by atoms with Crippen LogP contribution < -0.4 is 0 Å². The summed E-state index contributed by atoms with van der Waals surface area (Å²) in [6.07, 6.45) is 54.4. The Balaban J connectivity index is 4.60. The van der Waals surface area contributed by atoms with Gasteiger partial charge < -0.3 is 33.2 Å². The summed E-state index contributed by atoms with van der Waals surface area (Å²) < 4.78 is 43.3. The summed E-state index contributed by atoms with van der Waals surface area (Å²) >= 11 is 0. The molecule has 388 valence electrons. The quantitative estimate of drug-likeness (QED) is 0.0342. The maximum atomic E-state index is 6.53. The van der Waals surface area contributed by atoms with E-state index in [1.54, 1.807) is 0 Å². The number of ether oxygens (including phenoxy) is 7. The van der Waals surface area contributed by atoms with E-state index in [1.165, 1.54) is 180 Å². The molecular formula is C58H114O7. The summed E-state index contributed by atoms with van der Waals surface area (Å²) in [5, 5.41) is 0. The van der Waals surface area contributed by atoms with E-state index in [-0.39, 0.29) is 25.2 Å². The van der Waals surface area contributed by atoms with Gasteiger partial charge in [0, 0.05) is 26.4 Å². The van der Waals surface area contributed by atoms with Gasteiger partial charge in [0.1, 0.15) is 0 Å². The smallest absolute Gasteiger partial charge is 0.180 e. The third-order valence-electron chi connectivity index (χ3n) is 12.2. The zero-order valence-corrected chi connectivity index (χ0v) is 44.6. The van der Waals surface area contributed by atoms with E-state index >= 15 is 0 Å². The van der Waals surface area contributed by atoms with E-state index in [4.69, 9.17) is 33.2 Å². The maximum Gasteiger partial charge on any atom is 0.180 e. The molecule has 0 aliphatic heterocycles. The molecule has 0 radical (unpaired) electrons. The summed E-state index contributed by atoms with van der Waals surface area (Å²) in [5.74, 6) is 0. The molecule has 0 bridgehead atoms. The zero-order chi connectivity index (χ0) is 47.2. The first-order valence-electron chi connectivity index (χ1n) is 28.8. The molecule has 0 aromatic heterocycles. The Morgan fingerprint density at radius 3 is 0.831 bits per heavy atom. The SMILES string of the molecule is CCCCCCOC(C=CCCCCCCCCCCCC(OCCCC)OCCCC)OC(C=CCCCCCCCCCCCC(OCCCC)OCCCC)OCCCCCC. The van der Waals surface area contributed by atoms with Crippen molar-refractivity contribution < 1.29 is 33.2 Å². The molecule has 0 spiro atoms. The Labute approximate surface area is 406 Å². The fourth-order valence-electron chi connectivity index (χ4n) is 7.77. The van der Waals surface area contributed by atoms with Crippen LogP contribution in [0.4, 0.5) is 0 Å². The van der Waals surface area contributed by atoms with Crippen molar-refractivity contribution >= 4 is 0 Å².